The van der Waals surface area contributed by atoms with E-state index in [4.69, 9.17) is 4.42 Å². The highest BCUT2D eigenvalue weighted by atomic mass is 16.3. The second-order valence-corrected chi connectivity index (χ2v) is 16.1. The van der Waals surface area contributed by atoms with E-state index in [2.05, 4.69) is 248 Å². The van der Waals surface area contributed by atoms with Crippen molar-refractivity contribution < 1.29 is 4.42 Å². The van der Waals surface area contributed by atoms with Crippen molar-refractivity contribution in [3.63, 3.8) is 0 Å². The number of anilines is 3. The second-order valence-electron chi connectivity index (χ2n) is 16.1. The molecule has 64 heavy (non-hydrogen) atoms. The monoisotopic (exact) mass is 817 g/mol. The van der Waals surface area contributed by atoms with Crippen LogP contribution in [-0.4, -0.2) is 0 Å². The van der Waals surface area contributed by atoms with Gasteiger partial charge >= 0.3 is 0 Å². The van der Waals surface area contributed by atoms with Gasteiger partial charge in [0, 0.05) is 28.0 Å². The van der Waals surface area contributed by atoms with E-state index >= 15 is 0 Å². The number of furan rings is 1. The fraction of sp³-hybridized carbons (Fsp3) is 0. The van der Waals surface area contributed by atoms with Gasteiger partial charge in [-0.15, -0.1) is 0 Å². The third kappa shape index (κ3) is 7.81. The molecule has 0 bridgehead atoms. The van der Waals surface area contributed by atoms with Crippen LogP contribution < -0.4 is 4.90 Å². The number of rotatable bonds is 10. The first-order chi connectivity index (χ1) is 31.7. The highest BCUT2D eigenvalue weighted by Gasteiger charge is 2.16. The third-order valence-electron chi connectivity index (χ3n) is 12.1. The fourth-order valence-electron chi connectivity index (χ4n) is 8.76. The van der Waals surface area contributed by atoms with Gasteiger partial charge in [-0.3, -0.25) is 0 Å². The van der Waals surface area contributed by atoms with Crippen LogP contribution in [0.15, 0.2) is 265 Å². The van der Waals surface area contributed by atoms with E-state index in [9.17, 15) is 0 Å². The second kappa shape index (κ2) is 17.1. The molecule has 0 spiro atoms. The summed E-state index contributed by atoms with van der Waals surface area (Å²) < 4.78 is 6.18. The minimum Gasteiger partial charge on any atom is -0.456 e. The molecule has 10 aromatic carbocycles. The summed E-state index contributed by atoms with van der Waals surface area (Å²) in [6.45, 7) is 0. The van der Waals surface area contributed by atoms with Gasteiger partial charge in [-0.05, 0) is 121 Å². The predicted octanol–water partition coefficient (Wildman–Crippen LogP) is 17.6. The van der Waals surface area contributed by atoms with E-state index in [0.29, 0.717) is 0 Å². The summed E-state index contributed by atoms with van der Waals surface area (Å²) in [7, 11) is 0. The van der Waals surface area contributed by atoms with E-state index in [1.165, 1.54) is 50.1 Å². The molecule has 0 aliphatic rings. The Hall–Kier alpha value is -8.46. The zero-order valence-electron chi connectivity index (χ0n) is 35.2. The first kappa shape index (κ1) is 38.5. The molecule has 302 valence electrons. The molecule has 0 N–H and O–H groups in total. The predicted molar refractivity (Wildman–Crippen MR) is 269 cm³/mol. The van der Waals surface area contributed by atoms with Crippen molar-refractivity contribution in [3.8, 4) is 78.1 Å². The van der Waals surface area contributed by atoms with Gasteiger partial charge < -0.3 is 9.32 Å². The van der Waals surface area contributed by atoms with Gasteiger partial charge in [-0.1, -0.05) is 206 Å². The van der Waals surface area contributed by atoms with Crippen LogP contribution in [0.4, 0.5) is 17.1 Å². The summed E-state index contributed by atoms with van der Waals surface area (Å²) in [5, 5.41) is 1.11. The minimum atomic E-state index is 0.878. The Bertz CT molecular complexity index is 3280. The molecule has 11 aromatic rings. The van der Waals surface area contributed by atoms with Gasteiger partial charge in [0.1, 0.15) is 11.3 Å². The molecule has 0 atom stereocenters. The summed E-state index contributed by atoms with van der Waals surface area (Å²) in [6.07, 6.45) is 0. The molecular weight excluding hydrogens is 775 g/mol. The SMILES string of the molecule is c1ccc(-c2ccc(-c3ccc(N(c4ccc(-c5ccc(-c6cccc(-c7cc8ccccc8o7)c6)cc5)cc4)c4ccc(-c5ccccc5-c5ccccc5)cc4)cc3)cc2)cc1. The molecule has 0 radical (unpaired) electrons. The number of nitrogens with zero attached hydrogens (tertiary/aromatic N) is 1. The van der Waals surface area contributed by atoms with Gasteiger partial charge in [0.25, 0.3) is 0 Å². The first-order valence-electron chi connectivity index (χ1n) is 21.8. The number of benzene rings is 10. The Kier molecular flexibility index (Phi) is 10.3. The Morgan fingerprint density at radius 1 is 0.234 bits per heavy atom. The third-order valence-corrected chi connectivity index (χ3v) is 12.1. The van der Waals surface area contributed by atoms with Gasteiger partial charge in [0.05, 0.1) is 0 Å². The first-order valence-corrected chi connectivity index (χ1v) is 21.8. The average molecular weight is 818 g/mol. The average Bonchev–Trinajstić information content (AvgIpc) is 3.83. The van der Waals surface area contributed by atoms with Crippen LogP contribution in [0.3, 0.4) is 0 Å². The van der Waals surface area contributed by atoms with Gasteiger partial charge in [0.2, 0.25) is 0 Å². The molecule has 0 aliphatic heterocycles. The molecule has 2 nitrogen and oxygen atoms in total. The van der Waals surface area contributed by atoms with Crippen LogP contribution >= 0.6 is 0 Å². The lowest BCUT2D eigenvalue weighted by Gasteiger charge is -2.26. The molecule has 0 unspecified atom stereocenters. The molecule has 1 heterocycles. The maximum Gasteiger partial charge on any atom is 0.135 e. The molecule has 1 aromatic heterocycles. The van der Waals surface area contributed by atoms with E-state index in [1.807, 2.05) is 18.2 Å². The van der Waals surface area contributed by atoms with E-state index in [1.54, 1.807) is 0 Å². The molecule has 2 heteroatoms. The quantitative estimate of drug-likeness (QED) is 0.137. The summed E-state index contributed by atoms with van der Waals surface area (Å²) in [5.41, 5.74) is 19.5. The van der Waals surface area contributed by atoms with Crippen molar-refractivity contribution in [2.75, 3.05) is 4.90 Å². The molecular formula is C62H43NO. The van der Waals surface area contributed by atoms with Crippen molar-refractivity contribution in [2.24, 2.45) is 0 Å². The standard InChI is InChI=1S/C62H43NO/c1-3-12-44(13-4-1)45-22-24-46(25-23-45)48-30-36-56(37-31-48)63(58-40-34-52(35-41-58)60-20-9-8-19-59(60)51-14-5-2-6-15-51)57-38-32-49(33-39-57)47-26-28-50(29-27-47)53-17-11-18-54(42-53)62-43-55-16-7-10-21-61(55)64-62/h1-43H. The normalized spacial score (nSPS) is 11.1. The van der Waals surface area contributed by atoms with Crippen molar-refractivity contribution in [2.45, 2.75) is 0 Å². The molecule has 0 saturated carbocycles. The maximum atomic E-state index is 6.18. The van der Waals surface area contributed by atoms with E-state index < -0.39 is 0 Å². The lowest BCUT2D eigenvalue weighted by atomic mass is 9.94. The molecule has 11 rings (SSSR count). The molecule has 0 fully saturated rings. The Balaban J connectivity index is 0.893. The van der Waals surface area contributed by atoms with E-state index in [-0.39, 0.29) is 0 Å². The van der Waals surface area contributed by atoms with Crippen LogP contribution in [-0.2, 0) is 0 Å². The Morgan fingerprint density at radius 3 is 1.08 bits per heavy atom. The lowest BCUT2D eigenvalue weighted by Crippen LogP contribution is -2.09. The number of fused-ring (bicyclic) bond motifs is 1. The van der Waals surface area contributed by atoms with Gasteiger partial charge in [0.15, 0.2) is 0 Å². The van der Waals surface area contributed by atoms with Crippen molar-refractivity contribution in [3.05, 3.63) is 261 Å². The maximum absolute atomic E-state index is 6.18. The smallest absolute Gasteiger partial charge is 0.135 e. The van der Waals surface area contributed by atoms with Crippen LogP contribution in [0.1, 0.15) is 0 Å². The molecule has 0 aliphatic carbocycles. The highest BCUT2D eigenvalue weighted by Crippen LogP contribution is 2.40. The van der Waals surface area contributed by atoms with Gasteiger partial charge in [-0.2, -0.15) is 0 Å². The van der Waals surface area contributed by atoms with Gasteiger partial charge in [-0.25, -0.2) is 0 Å². The van der Waals surface area contributed by atoms with E-state index in [0.717, 1.165) is 56.0 Å². The number of hydrogen-bond donors (Lipinski definition) is 0. The van der Waals surface area contributed by atoms with Crippen molar-refractivity contribution in [1.82, 2.24) is 0 Å². The summed E-state index contributed by atoms with van der Waals surface area (Å²) in [6, 6.07) is 93.2. The topological polar surface area (TPSA) is 16.4 Å². The molecule has 0 saturated heterocycles. The Morgan fingerprint density at radius 2 is 0.578 bits per heavy atom. The van der Waals surface area contributed by atoms with Crippen LogP contribution in [0, 0.1) is 0 Å². The summed E-state index contributed by atoms with van der Waals surface area (Å²) in [5.74, 6) is 0.878. The Labute approximate surface area is 374 Å². The number of hydrogen-bond acceptors (Lipinski definition) is 2. The summed E-state index contributed by atoms with van der Waals surface area (Å²) in [4.78, 5) is 2.34. The lowest BCUT2D eigenvalue weighted by molar-refractivity contribution is 0.631. The minimum absolute atomic E-state index is 0.878. The van der Waals surface area contributed by atoms with Crippen LogP contribution in [0.25, 0.3) is 89.1 Å². The summed E-state index contributed by atoms with van der Waals surface area (Å²) >= 11 is 0. The zero-order valence-corrected chi connectivity index (χ0v) is 35.2. The number of para-hydroxylation sites is 1. The fourth-order valence-corrected chi connectivity index (χ4v) is 8.76. The molecule has 0 amide bonds. The van der Waals surface area contributed by atoms with Crippen molar-refractivity contribution >= 4 is 28.0 Å². The largest absolute Gasteiger partial charge is 0.456 e. The van der Waals surface area contributed by atoms with Crippen molar-refractivity contribution in [1.29, 1.82) is 0 Å². The van der Waals surface area contributed by atoms with Crippen LogP contribution in [0.5, 0.6) is 0 Å². The van der Waals surface area contributed by atoms with Crippen LogP contribution in [0.2, 0.25) is 0 Å². The highest BCUT2D eigenvalue weighted by molar-refractivity contribution is 5.87. The zero-order chi connectivity index (χ0) is 42.7.